The molecule has 0 aliphatic rings. The third-order valence-electron chi connectivity index (χ3n) is 2.38. The van der Waals surface area contributed by atoms with Gasteiger partial charge in [-0.05, 0) is 37.7 Å². The number of anilines is 1. The summed E-state index contributed by atoms with van der Waals surface area (Å²) >= 11 is 1.02. The van der Waals surface area contributed by atoms with Crippen molar-refractivity contribution in [3.63, 3.8) is 0 Å². The second-order valence-electron chi connectivity index (χ2n) is 3.44. The Morgan fingerprint density at radius 2 is 1.94 bits per heavy atom. The highest BCUT2D eigenvalue weighted by Crippen LogP contribution is 2.31. The standard InChI is InChI=1S/C11H10N4S/c1-6-7(2)15-10-9(14-6)4-3-8(13)11(10)16-5-12/h3-4H,13H2,1-2H3. The number of nitriles is 1. The average molecular weight is 230 g/mol. The monoisotopic (exact) mass is 230 g/mol. The third kappa shape index (κ3) is 1.68. The number of nitrogens with two attached hydrogens (primary N) is 1. The van der Waals surface area contributed by atoms with Crippen molar-refractivity contribution in [2.24, 2.45) is 0 Å². The summed E-state index contributed by atoms with van der Waals surface area (Å²) in [5, 5.41) is 10.8. The van der Waals surface area contributed by atoms with Gasteiger partial charge in [-0.25, -0.2) is 9.97 Å². The van der Waals surface area contributed by atoms with Gasteiger partial charge in [0.2, 0.25) is 0 Å². The van der Waals surface area contributed by atoms with Gasteiger partial charge in [-0.1, -0.05) is 0 Å². The fourth-order valence-corrected chi connectivity index (χ4v) is 1.96. The molecule has 0 saturated carbocycles. The molecule has 0 amide bonds. The van der Waals surface area contributed by atoms with E-state index < -0.39 is 0 Å². The number of hydrogen-bond acceptors (Lipinski definition) is 5. The number of hydrogen-bond donors (Lipinski definition) is 1. The molecule has 0 saturated heterocycles. The number of thiocyanates is 1. The lowest BCUT2D eigenvalue weighted by Gasteiger charge is -2.07. The topological polar surface area (TPSA) is 75.6 Å². The van der Waals surface area contributed by atoms with Gasteiger partial charge in [-0.3, -0.25) is 0 Å². The first-order valence-corrected chi connectivity index (χ1v) is 5.54. The highest BCUT2D eigenvalue weighted by Gasteiger charge is 2.10. The second kappa shape index (κ2) is 3.99. The van der Waals surface area contributed by atoms with E-state index in [1.807, 2.05) is 25.3 Å². The number of thioether (sulfide) groups is 1. The molecule has 1 aromatic carbocycles. The van der Waals surface area contributed by atoms with Crippen molar-refractivity contribution in [3.05, 3.63) is 23.5 Å². The zero-order valence-electron chi connectivity index (χ0n) is 8.98. The van der Waals surface area contributed by atoms with Crippen molar-refractivity contribution in [3.8, 4) is 5.40 Å². The van der Waals surface area contributed by atoms with E-state index in [4.69, 9.17) is 11.0 Å². The minimum atomic E-state index is 0.566. The van der Waals surface area contributed by atoms with Gasteiger partial charge in [-0.2, -0.15) is 5.26 Å². The molecule has 1 aromatic heterocycles. The predicted molar refractivity (Wildman–Crippen MR) is 64.9 cm³/mol. The predicted octanol–water partition coefficient (Wildman–Crippen LogP) is 2.40. The summed E-state index contributed by atoms with van der Waals surface area (Å²) in [5.74, 6) is 0. The molecule has 0 radical (unpaired) electrons. The van der Waals surface area contributed by atoms with Crippen molar-refractivity contribution in [1.29, 1.82) is 5.26 Å². The maximum absolute atomic E-state index is 8.74. The first-order valence-electron chi connectivity index (χ1n) is 4.73. The van der Waals surface area contributed by atoms with Crippen LogP contribution >= 0.6 is 11.8 Å². The molecule has 2 N–H and O–H groups in total. The van der Waals surface area contributed by atoms with E-state index in [0.717, 1.165) is 28.7 Å². The molecular formula is C11H10N4S. The molecule has 2 rings (SSSR count). The van der Waals surface area contributed by atoms with Crippen LogP contribution in [0.3, 0.4) is 0 Å². The summed E-state index contributed by atoms with van der Waals surface area (Å²) in [4.78, 5) is 9.55. The largest absolute Gasteiger partial charge is 0.398 e. The highest BCUT2D eigenvalue weighted by atomic mass is 32.2. The highest BCUT2D eigenvalue weighted by molar-refractivity contribution is 8.04. The van der Waals surface area contributed by atoms with E-state index in [1.54, 1.807) is 6.07 Å². The quantitative estimate of drug-likeness (QED) is 0.462. The van der Waals surface area contributed by atoms with Crippen molar-refractivity contribution in [1.82, 2.24) is 9.97 Å². The van der Waals surface area contributed by atoms with Crippen LogP contribution in [0, 0.1) is 24.5 Å². The number of nitrogen functional groups attached to an aromatic ring is 1. The Hall–Kier alpha value is -1.80. The molecule has 0 fully saturated rings. The lowest BCUT2D eigenvalue weighted by molar-refractivity contribution is 1.09. The number of rotatable bonds is 1. The molecule has 0 atom stereocenters. The van der Waals surface area contributed by atoms with Crippen LogP contribution < -0.4 is 5.73 Å². The summed E-state index contributed by atoms with van der Waals surface area (Å²) in [6.07, 6.45) is 0. The molecular weight excluding hydrogens is 220 g/mol. The molecule has 4 nitrogen and oxygen atoms in total. The summed E-state index contributed by atoms with van der Waals surface area (Å²) in [6.45, 7) is 3.81. The van der Waals surface area contributed by atoms with E-state index >= 15 is 0 Å². The Kier molecular flexibility index (Phi) is 2.67. The second-order valence-corrected chi connectivity index (χ2v) is 4.23. The fraction of sp³-hybridized carbons (Fsp3) is 0.182. The number of nitrogens with zero attached hydrogens (tertiary/aromatic N) is 3. The van der Waals surface area contributed by atoms with Crippen LogP contribution in [0.25, 0.3) is 11.0 Å². The number of aromatic nitrogens is 2. The molecule has 0 spiro atoms. The van der Waals surface area contributed by atoms with Crippen LogP contribution in [0.4, 0.5) is 5.69 Å². The normalized spacial score (nSPS) is 10.3. The molecule has 5 heteroatoms. The molecule has 2 aromatic rings. The van der Waals surface area contributed by atoms with E-state index in [0.29, 0.717) is 16.1 Å². The first kappa shape index (κ1) is 10.7. The Morgan fingerprint density at radius 1 is 1.25 bits per heavy atom. The van der Waals surface area contributed by atoms with Crippen molar-refractivity contribution >= 4 is 28.5 Å². The van der Waals surface area contributed by atoms with Gasteiger partial charge in [0.05, 0.1) is 21.8 Å². The van der Waals surface area contributed by atoms with E-state index in [-0.39, 0.29) is 0 Å². The molecule has 1 heterocycles. The van der Waals surface area contributed by atoms with Crippen molar-refractivity contribution in [2.75, 3.05) is 5.73 Å². The maximum Gasteiger partial charge on any atom is 0.138 e. The number of fused-ring (bicyclic) bond motifs is 1. The molecule has 0 aliphatic heterocycles. The summed E-state index contributed by atoms with van der Waals surface area (Å²) in [7, 11) is 0. The number of benzene rings is 1. The van der Waals surface area contributed by atoms with Crippen LogP contribution in [-0.4, -0.2) is 9.97 Å². The van der Waals surface area contributed by atoms with Crippen molar-refractivity contribution < 1.29 is 0 Å². The smallest absolute Gasteiger partial charge is 0.138 e. The first-order chi connectivity index (χ1) is 7.63. The summed E-state index contributed by atoms with van der Waals surface area (Å²) in [5.41, 5.74) is 9.62. The van der Waals surface area contributed by atoms with Crippen LogP contribution in [0.5, 0.6) is 0 Å². The van der Waals surface area contributed by atoms with Gasteiger partial charge in [0.25, 0.3) is 0 Å². The fourth-order valence-electron chi connectivity index (χ4n) is 1.44. The van der Waals surface area contributed by atoms with Gasteiger partial charge in [0, 0.05) is 5.69 Å². The Bertz CT molecular complexity index is 601. The SMILES string of the molecule is Cc1nc2ccc(N)c(SC#N)c2nc1C. The van der Waals surface area contributed by atoms with Gasteiger partial charge in [-0.15, -0.1) is 0 Å². The lowest BCUT2D eigenvalue weighted by atomic mass is 10.2. The van der Waals surface area contributed by atoms with Crippen LogP contribution in [0.2, 0.25) is 0 Å². The summed E-state index contributed by atoms with van der Waals surface area (Å²) < 4.78 is 0. The molecule has 80 valence electrons. The van der Waals surface area contributed by atoms with Gasteiger partial charge in [0.1, 0.15) is 10.9 Å². The maximum atomic E-state index is 8.74. The van der Waals surface area contributed by atoms with Crippen LogP contribution in [-0.2, 0) is 0 Å². The zero-order valence-corrected chi connectivity index (χ0v) is 9.80. The van der Waals surface area contributed by atoms with Crippen LogP contribution in [0.15, 0.2) is 17.0 Å². The third-order valence-corrected chi connectivity index (χ3v) is 3.10. The molecule has 0 bridgehead atoms. The van der Waals surface area contributed by atoms with E-state index in [1.165, 1.54) is 0 Å². The van der Waals surface area contributed by atoms with Gasteiger partial charge < -0.3 is 5.73 Å². The Balaban J connectivity index is 2.82. The van der Waals surface area contributed by atoms with Crippen molar-refractivity contribution in [2.45, 2.75) is 18.7 Å². The van der Waals surface area contributed by atoms with Gasteiger partial charge in [0.15, 0.2) is 0 Å². The number of aryl methyl sites for hydroxylation is 2. The molecule has 0 unspecified atom stereocenters. The minimum Gasteiger partial charge on any atom is -0.398 e. The molecule has 0 aliphatic carbocycles. The van der Waals surface area contributed by atoms with Crippen LogP contribution in [0.1, 0.15) is 11.4 Å². The Labute approximate surface area is 97.5 Å². The molecule has 16 heavy (non-hydrogen) atoms. The zero-order chi connectivity index (χ0) is 11.7. The average Bonchev–Trinajstić information content (AvgIpc) is 2.25. The lowest BCUT2D eigenvalue weighted by Crippen LogP contribution is -1.97. The summed E-state index contributed by atoms with van der Waals surface area (Å²) in [6, 6.07) is 3.58. The van der Waals surface area contributed by atoms with E-state index in [2.05, 4.69) is 9.97 Å². The minimum absolute atomic E-state index is 0.566. The van der Waals surface area contributed by atoms with Gasteiger partial charge >= 0.3 is 0 Å². The van der Waals surface area contributed by atoms with E-state index in [9.17, 15) is 0 Å². The Morgan fingerprint density at radius 3 is 2.62 bits per heavy atom.